The molecular formula is C15H12ClNO2S. The van der Waals surface area contributed by atoms with Gasteiger partial charge in [0.05, 0.1) is 11.4 Å². The van der Waals surface area contributed by atoms with Crippen LogP contribution in [0, 0.1) is 0 Å². The maximum absolute atomic E-state index is 11.3. The van der Waals surface area contributed by atoms with E-state index >= 15 is 0 Å². The number of fused-ring (bicyclic) bond motifs is 1. The highest BCUT2D eigenvalue weighted by Crippen LogP contribution is 2.34. The van der Waals surface area contributed by atoms with E-state index in [2.05, 4.69) is 5.32 Å². The Kier molecular flexibility index (Phi) is 3.85. The molecule has 0 unspecified atom stereocenters. The molecule has 20 heavy (non-hydrogen) atoms. The molecule has 1 N–H and O–H groups in total. The third-order valence-electron chi connectivity index (χ3n) is 2.90. The minimum absolute atomic E-state index is 0.0392. The van der Waals surface area contributed by atoms with Crippen molar-refractivity contribution < 1.29 is 9.53 Å². The highest BCUT2D eigenvalue weighted by Gasteiger charge is 2.15. The van der Waals surface area contributed by atoms with Crippen LogP contribution in [0.15, 0.2) is 47.4 Å². The molecule has 1 aliphatic rings. The van der Waals surface area contributed by atoms with Gasteiger partial charge in [-0.05, 0) is 35.9 Å². The van der Waals surface area contributed by atoms with Crippen LogP contribution in [-0.4, -0.2) is 11.7 Å². The van der Waals surface area contributed by atoms with Crippen molar-refractivity contribution in [3.63, 3.8) is 0 Å². The van der Waals surface area contributed by atoms with Gasteiger partial charge in [-0.3, -0.25) is 4.79 Å². The van der Waals surface area contributed by atoms with Gasteiger partial charge in [-0.2, -0.15) is 0 Å². The van der Waals surface area contributed by atoms with Crippen molar-refractivity contribution in [3.8, 4) is 5.75 Å². The molecule has 3 rings (SSSR count). The van der Waals surface area contributed by atoms with Crippen LogP contribution in [0.25, 0.3) is 0 Å². The molecular weight excluding hydrogens is 294 g/mol. The molecule has 0 aliphatic carbocycles. The molecule has 2 aromatic carbocycles. The van der Waals surface area contributed by atoms with Crippen molar-refractivity contribution in [1.29, 1.82) is 0 Å². The molecule has 1 amide bonds. The molecule has 0 spiro atoms. The molecule has 0 fully saturated rings. The number of ether oxygens (including phenoxy) is 1. The van der Waals surface area contributed by atoms with Crippen molar-refractivity contribution >= 4 is 35.0 Å². The van der Waals surface area contributed by atoms with Crippen molar-refractivity contribution in [2.24, 2.45) is 0 Å². The van der Waals surface area contributed by atoms with Crippen molar-refractivity contribution in [2.45, 2.75) is 11.5 Å². The monoisotopic (exact) mass is 305 g/mol. The van der Waals surface area contributed by atoms with Gasteiger partial charge >= 0.3 is 0 Å². The topological polar surface area (TPSA) is 38.3 Å². The van der Waals surface area contributed by atoms with Crippen LogP contribution >= 0.6 is 23.4 Å². The van der Waals surface area contributed by atoms with Gasteiger partial charge in [0.15, 0.2) is 0 Å². The van der Waals surface area contributed by atoms with Crippen LogP contribution in [0.5, 0.6) is 5.75 Å². The smallest absolute Gasteiger partial charge is 0.234 e. The quantitative estimate of drug-likeness (QED) is 0.932. The third kappa shape index (κ3) is 3.08. The van der Waals surface area contributed by atoms with Gasteiger partial charge < -0.3 is 10.1 Å². The van der Waals surface area contributed by atoms with Crippen LogP contribution in [0.4, 0.5) is 5.69 Å². The van der Waals surface area contributed by atoms with E-state index in [0.29, 0.717) is 12.4 Å². The molecule has 0 aromatic heterocycles. The number of rotatable bonds is 3. The number of carbonyl (C=O) groups is 1. The molecule has 1 aliphatic heterocycles. The van der Waals surface area contributed by atoms with Gasteiger partial charge in [-0.25, -0.2) is 0 Å². The Bertz CT molecular complexity index is 643. The van der Waals surface area contributed by atoms with E-state index in [9.17, 15) is 4.79 Å². The van der Waals surface area contributed by atoms with Gasteiger partial charge in [0.25, 0.3) is 0 Å². The van der Waals surface area contributed by atoms with Crippen LogP contribution in [0.2, 0.25) is 5.02 Å². The van der Waals surface area contributed by atoms with Crippen LogP contribution < -0.4 is 10.1 Å². The predicted octanol–water partition coefficient (Wildman–Crippen LogP) is 3.96. The van der Waals surface area contributed by atoms with E-state index in [1.165, 1.54) is 11.8 Å². The largest absolute Gasteiger partial charge is 0.489 e. The SMILES string of the molecule is O=C1CSc2cc(OCc3ccc(Cl)cc3)ccc2N1. The molecule has 0 saturated carbocycles. The molecule has 0 radical (unpaired) electrons. The molecule has 0 bridgehead atoms. The number of halogens is 1. The Labute approximate surface area is 126 Å². The van der Waals surface area contributed by atoms with Crippen LogP contribution in [-0.2, 0) is 11.4 Å². The summed E-state index contributed by atoms with van der Waals surface area (Å²) in [6, 6.07) is 13.3. The Hall–Kier alpha value is -1.65. The number of benzene rings is 2. The summed E-state index contributed by atoms with van der Waals surface area (Å²) in [5, 5.41) is 3.55. The molecule has 5 heteroatoms. The number of anilines is 1. The Morgan fingerprint density at radius 3 is 2.80 bits per heavy atom. The highest BCUT2D eigenvalue weighted by atomic mass is 35.5. The number of nitrogens with one attached hydrogen (secondary N) is 1. The summed E-state index contributed by atoms with van der Waals surface area (Å²) in [5.74, 6) is 1.29. The molecule has 0 saturated heterocycles. The van der Waals surface area contributed by atoms with Crippen molar-refractivity contribution in [1.82, 2.24) is 0 Å². The molecule has 0 atom stereocenters. The number of hydrogen-bond donors (Lipinski definition) is 1. The number of amides is 1. The lowest BCUT2D eigenvalue weighted by Crippen LogP contribution is -2.18. The lowest BCUT2D eigenvalue weighted by molar-refractivity contribution is -0.113. The average Bonchev–Trinajstić information content (AvgIpc) is 2.46. The fraction of sp³-hybridized carbons (Fsp3) is 0.133. The lowest BCUT2D eigenvalue weighted by atomic mass is 10.2. The van der Waals surface area contributed by atoms with Gasteiger partial charge in [0, 0.05) is 9.92 Å². The summed E-state index contributed by atoms with van der Waals surface area (Å²) < 4.78 is 5.76. The number of thioether (sulfide) groups is 1. The normalized spacial score (nSPS) is 13.6. The lowest BCUT2D eigenvalue weighted by Gasteiger charge is -2.17. The minimum atomic E-state index is 0.0392. The van der Waals surface area contributed by atoms with E-state index < -0.39 is 0 Å². The summed E-state index contributed by atoms with van der Waals surface area (Å²) in [6.45, 7) is 0.493. The maximum Gasteiger partial charge on any atom is 0.234 e. The summed E-state index contributed by atoms with van der Waals surface area (Å²) >= 11 is 7.37. The van der Waals surface area contributed by atoms with Crippen LogP contribution in [0.3, 0.4) is 0 Å². The zero-order valence-electron chi connectivity index (χ0n) is 10.6. The standard InChI is InChI=1S/C15H12ClNO2S/c16-11-3-1-10(2-4-11)8-19-12-5-6-13-14(7-12)20-9-15(18)17-13/h1-7H,8-9H2,(H,17,18). The maximum atomic E-state index is 11.3. The van der Waals surface area contributed by atoms with E-state index in [4.69, 9.17) is 16.3 Å². The second-order valence-electron chi connectivity index (χ2n) is 4.41. The molecule has 102 valence electrons. The highest BCUT2D eigenvalue weighted by molar-refractivity contribution is 8.00. The average molecular weight is 306 g/mol. The summed E-state index contributed by atoms with van der Waals surface area (Å²) in [5.41, 5.74) is 1.91. The van der Waals surface area contributed by atoms with Gasteiger partial charge in [-0.1, -0.05) is 23.7 Å². The Morgan fingerprint density at radius 1 is 1.20 bits per heavy atom. The summed E-state index contributed by atoms with van der Waals surface area (Å²) in [6.07, 6.45) is 0. The van der Waals surface area contributed by atoms with E-state index in [0.717, 1.165) is 26.9 Å². The molecule has 2 aromatic rings. The van der Waals surface area contributed by atoms with Gasteiger partial charge in [0.2, 0.25) is 5.91 Å². The van der Waals surface area contributed by atoms with E-state index in [1.54, 1.807) is 0 Å². The first-order valence-electron chi connectivity index (χ1n) is 6.15. The van der Waals surface area contributed by atoms with Gasteiger partial charge in [-0.15, -0.1) is 11.8 Å². The van der Waals surface area contributed by atoms with Crippen molar-refractivity contribution in [2.75, 3.05) is 11.1 Å². The van der Waals surface area contributed by atoms with Crippen LogP contribution in [0.1, 0.15) is 5.56 Å². The third-order valence-corrected chi connectivity index (χ3v) is 4.21. The Balaban J connectivity index is 1.69. The molecule has 3 nitrogen and oxygen atoms in total. The van der Waals surface area contributed by atoms with Crippen molar-refractivity contribution in [3.05, 3.63) is 53.1 Å². The number of carbonyl (C=O) groups excluding carboxylic acids is 1. The van der Waals surface area contributed by atoms with E-state index in [-0.39, 0.29) is 5.91 Å². The Morgan fingerprint density at radius 2 is 2.00 bits per heavy atom. The van der Waals surface area contributed by atoms with E-state index in [1.807, 2.05) is 42.5 Å². The summed E-state index contributed by atoms with van der Waals surface area (Å²) in [4.78, 5) is 12.3. The fourth-order valence-electron chi connectivity index (χ4n) is 1.89. The summed E-state index contributed by atoms with van der Waals surface area (Å²) in [7, 11) is 0. The zero-order chi connectivity index (χ0) is 13.9. The second kappa shape index (κ2) is 5.77. The van der Waals surface area contributed by atoms with Gasteiger partial charge in [0.1, 0.15) is 12.4 Å². The minimum Gasteiger partial charge on any atom is -0.489 e. The first-order chi connectivity index (χ1) is 9.70. The zero-order valence-corrected chi connectivity index (χ0v) is 12.1. The first kappa shape index (κ1) is 13.3. The second-order valence-corrected chi connectivity index (χ2v) is 5.86. The predicted molar refractivity (Wildman–Crippen MR) is 81.6 cm³/mol. The number of hydrogen-bond acceptors (Lipinski definition) is 3. The first-order valence-corrected chi connectivity index (χ1v) is 7.51. The molecule has 1 heterocycles. The fourth-order valence-corrected chi connectivity index (χ4v) is 2.85.